The molecule has 1 saturated carbocycles. The first-order chi connectivity index (χ1) is 10.1. The second-order valence-electron chi connectivity index (χ2n) is 5.96. The molecule has 1 aromatic rings. The van der Waals surface area contributed by atoms with Crippen molar-refractivity contribution in [2.45, 2.75) is 43.6 Å². The van der Waals surface area contributed by atoms with Crippen molar-refractivity contribution in [3.05, 3.63) is 30.3 Å². The van der Waals surface area contributed by atoms with E-state index in [1.54, 1.807) is 11.8 Å². The monoisotopic (exact) mass is 307 g/mol. The van der Waals surface area contributed by atoms with Gasteiger partial charge in [-0.1, -0.05) is 31.5 Å². The summed E-state index contributed by atoms with van der Waals surface area (Å²) in [5.41, 5.74) is 0. The molecule has 0 aliphatic heterocycles. The van der Waals surface area contributed by atoms with Crippen LogP contribution in [-0.2, 0) is 4.79 Å². The third kappa shape index (κ3) is 5.71. The van der Waals surface area contributed by atoms with Gasteiger partial charge in [0.05, 0.1) is 6.10 Å². The van der Waals surface area contributed by atoms with Crippen LogP contribution in [0.3, 0.4) is 0 Å². The Morgan fingerprint density at radius 2 is 2.14 bits per heavy atom. The van der Waals surface area contributed by atoms with E-state index in [-0.39, 0.29) is 17.9 Å². The van der Waals surface area contributed by atoms with Crippen molar-refractivity contribution in [2.24, 2.45) is 11.8 Å². The highest BCUT2D eigenvalue weighted by Gasteiger charge is 2.21. The van der Waals surface area contributed by atoms with Gasteiger partial charge in [0, 0.05) is 23.1 Å². The standard InChI is InChI=1S/C17H25NO2S/c1-13(12-21-16-8-3-2-4-9-16)17(20)18-11-14-6-5-7-15(19)10-14/h2-4,8-9,13-15,19H,5-7,10-12H2,1H3,(H,18,20). The molecule has 1 aliphatic rings. The van der Waals surface area contributed by atoms with Crippen molar-refractivity contribution in [1.82, 2.24) is 5.32 Å². The Morgan fingerprint density at radius 3 is 2.86 bits per heavy atom. The molecule has 0 radical (unpaired) electrons. The van der Waals surface area contributed by atoms with E-state index in [1.807, 2.05) is 25.1 Å². The maximum atomic E-state index is 12.1. The zero-order valence-electron chi connectivity index (χ0n) is 12.6. The zero-order chi connectivity index (χ0) is 15.1. The number of amides is 1. The molecule has 1 aliphatic carbocycles. The Bertz CT molecular complexity index is 438. The molecule has 0 bridgehead atoms. The minimum Gasteiger partial charge on any atom is -0.393 e. The van der Waals surface area contributed by atoms with E-state index in [2.05, 4.69) is 17.4 Å². The van der Waals surface area contributed by atoms with Gasteiger partial charge in [0.2, 0.25) is 5.91 Å². The van der Waals surface area contributed by atoms with Gasteiger partial charge in [0.25, 0.3) is 0 Å². The van der Waals surface area contributed by atoms with Crippen molar-refractivity contribution in [1.29, 1.82) is 0 Å². The molecule has 0 aromatic heterocycles. The van der Waals surface area contributed by atoms with Gasteiger partial charge in [0.15, 0.2) is 0 Å². The summed E-state index contributed by atoms with van der Waals surface area (Å²) in [6.07, 6.45) is 3.75. The lowest BCUT2D eigenvalue weighted by molar-refractivity contribution is -0.124. The molecular formula is C17H25NO2S. The van der Waals surface area contributed by atoms with E-state index >= 15 is 0 Å². The smallest absolute Gasteiger partial charge is 0.223 e. The summed E-state index contributed by atoms with van der Waals surface area (Å²) in [5, 5.41) is 12.7. The second-order valence-corrected chi connectivity index (χ2v) is 7.05. The summed E-state index contributed by atoms with van der Waals surface area (Å²) in [6, 6.07) is 10.2. The molecule has 3 unspecified atom stereocenters. The number of nitrogens with one attached hydrogen (secondary N) is 1. The van der Waals surface area contributed by atoms with Gasteiger partial charge < -0.3 is 10.4 Å². The highest BCUT2D eigenvalue weighted by molar-refractivity contribution is 7.99. The molecule has 1 amide bonds. The molecule has 1 fully saturated rings. The number of benzene rings is 1. The Morgan fingerprint density at radius 1 is 1.38 bits per heavy atom. The van der Waals surface area contributed by atoms with Crippen LogP contribution in [0.4, 0.5) is 0 Å². The maximum absolute atomic E-state index is 12.1. The number of hydrogen-bond acceptors (Lipinski definition) is 3. The third-order valence-electron chi connectivity index (χ3n) is 4.01. The minimum absolute atomic E-state index is 0.00344. The summed E-state index contributed by atoms with van der Waals surface area (Å²) < 4.78 is 0. The highest BCUT2D eigenvalue weighted by Crippen LogP contribution is 2.24. The molecule has 4 heteroatoms. The number of rotatable bonds is 6. The van der Waals surface area contributed by atoms with Crippen LogP contribution in [-0.4, -0.2) is 29.4 Å². The number of carbonyl (C=O) groups is 1. The molecule has 0 heterocycles. The second kappa shape index (κ2) is 8.44. The Labute approximate surface area is 131 Å². The predicted molar refractivity (Wildman–Crippen MR) is 87.3 cm³/mol. The number of hydrogen-bond donors (Lipinski definition) is 2. The van der Waals surface area contributed by atoms with Crippen LogP contribution in [0, 0.1) is 11.8 Å². The summed E-state index contributed by atoms with van der Waals surface area (Å²) in [5.74, 6) is 1.36. The van der Waals surface area contributed by atoms with Gasteiger partial charge in [-0.2, -0.15) is 0 Å². The number of aliphatic hydroxyl groups excluding tert-OH is 1. The van der Waals surface area contributed by atoms with Gasteiger partial charge in [-0.3, -0.25) is 4.79 Å². The van der Waals surface area contributed by atoms with E-state index < -0.39 is 0 Å². The van der Waals surface area contributed by atoms with E-state index in [9.17, 15) is 9.90 Å². The molecule has 3 nitrogen and oxygen atoms in total. The first-order valence-corrected chi connectivity index (χ1v) is 8.77. The van der Waals surface area contributed by atoms with Crippen LogP contribution in [0.25, 0.3) is 0 Å². The SMILES string of the molecule is CC(CSc1ccccc1)C(=O)NCC1CCCC(O)C1. The molecule has 2 N–H and O–H groups in total. The Balaban J connectivity index is 1.67. The number of thioether (sulfide) groups is 1. The fourth-order valence-electron chi connectivity index (χ4n) is 2.68. The summed E-state index contributed by atoms with van der Waals surface area (Å²) in [7, 11) is 0. The summed E-state index contributed by atoms with van der Waals surface area (Å²) in [6.45, 7) is 2.68. The molecule has 3 atom stereocenters. The first-order valence-electron chi connectivity index (χ1n) is 7.78. The molecule has 0 saturated heterocycles. The quantitative estimate of drug-likeness (QED) is 0.794. The minimum atomic E-state index is -0.174. The van der Waals surface area contributed by atoms with Crippen LogP contribution in [0.2, 0.25) is 0 Å². The largest absolute Gasteiger partial charge is 0.393 e. The molecule has 1 aromatic carbocycles. The first kappa shape index (κ1) is 16.4. The van der Waals surface area contributed by atoms with Gasteiger partial charge in [-0.05, 0) is 37.3 Å². The number of aliphatic hydroxyl groups is 1. The topological polar surface area (TPSA) is 49.3 Å². The Kier molecular flexibility index (Phi) is 6.58. The average molecular weight is 307 g/mol. The average Bonchev–Trinajstić information content (AvgIpc) is 2.51. The van der Waals surface area contributed by atoms with Crippen molar-refractivity contribution in [3.63, 3.8) is 0 Å². The summed E-state index contributed by atoms with van der Waals surface area (Å²) in [4.78, 5) is 13.3. The summed E-state index contributed by atoms with van der Waals surface area (Å²) >= 11 is 1.72. The van der Waals surface area contributed by atoms with E-state index in [4.69, 9.17) is 0 Å². The molecule has 2 rings (SSSR count). The van der Waals surface area contributed by atoms with Crippen LogP contribution in [0.15, 0.2) is 35.2 Å². The van der Waals surface area contributed by atoms with Crippen molar-refractivity contribution in [3.8, 4) is 0 Å². The predicted octanol–water partition coefficient (Wildman–Crippen LogP) is 3.08. The highest BCUT2D eigenvalue weighted by atomic mass is 32.2. The van der Waals surface area contributed by atoms with E-state index in [0.29, 0.717) is 12.5 Å². The third-order valence-corrected chi connectivity index (χ3v) is 5.28. The van der Waals surface area contributed by atoms with Crippen LogP contribution >= 0.6 is 11.8 Å². The maximum Gasteiger partial charge on any atom is 0.223 e. The van der Waals surface area contributed by atoms with E-state index in [0.717, 1.165) is 31.4 Å². The Hall–Kier alpha value is -1.00. The zero-order valence-corrected chi connectivity index (χ0v) is 13.4. The van der Waals surface area contributed by atoms with Crippen molar-refractivity contribution in [2.75, 3.05) is 12.3 Å². The lowest BCUT2D eigenvalue weighted by Gasteiger charge is -2.26. The van der Waals surface area contributed by atoms with Gasteiger partial charge >= 0.3 is 0 Å². The van der Waals surface area contributed by atoms with Gasteiger partial charge in [-0.25, -0.2) is 0 Å². The van der Waals surface area contributed by atoms with Crippen LogP contribution in [0.1, 0.15) is 32.6 Å². The van der Waals surface area contributed by atoms with Gasteiger partial charge in [0.1, 0.15) is 0 Å². The lowest BCUT2D eigenvalue weighted by atomic mass is 9.87. The van der Waals surface area contributed by atoms with Crippen LogP contribution < -0.4 is 5.32 Å². The van der Waals surface area contributed by atoms with Crippen molar-refractivity contribution >= 4 is 17.7 Å². The fourth-order valence-corrected chi connectivity index (χ4v) is 3.62. The van der Waals surface area contributed by atoms with Crippen LogP contribution in [0.5, 0.6) is 0 Å². The fraction of sp³-hybridized carbons (Fsp3) is 0.588. The molecule has 116 valence electrons. The van der Waals surface area contributed by atoms with Gasteiger partial charge in [-0.15, -0.1) is 11.8 Å². The lowest BCUT2D eigenvalue weighted by Crippen LogP contribution is -2.36. The number of carbonyl (C=O) groups excluding carboxylic acids is 1. The molecular weight excluding hydrogens is 282 g/mol. The molecule has 0 spiro atoms. The normalized spacial score (nSPS) is 23.5. The van der Waals surface area contributed by atoms with E-state index in [1.165, 1.54) is 4.90 Å². The molecule has 21 heavy (non-hydrogen) atoms. The van der Waals surface area contributed by atoms with Crippen molar-refractivity contribution < 1.29 is 9.90 Å².